The van der Waals surface area contributed by atoms with Crippen molar-refractivity contribution >= 4 is 22.4 Å². The second-order valence-electron chi connectivity index (χ2n) is 5.49. The summed E-state index contributed by atoms with van der Waals surface area (Å²) in [6.45, 7) is -0.173. The summed E-state index contributed by atoms with van der Waals surface area (Å²) in [5.74, 6) is 0.689. The SMILES string of the molecule is O=C(Cn1[nH]c(=O)c2ccccc2c1=O)Nc1ccc2c(c1)OCO2. The molecule has 1 aliphatic rings. The van der Waals surface area contributed by atoms with Gasteiger partial charge in [0.05, 0.1) is 10.8 Å². The minimum atomic E-state index is -0.452. The highest BCUT2D eigenvalue weighted by Crippen LogP contribution is 2.34. The third-order valence-corrected chi connectivity index (χ3v) is 3.84. The van der Waals surface area contributed by atoms with Crippen molar-refractivity contribution in [2.45, 2.75) is 6.54 Å². The molecular formula is C17H13N3O5. The van der Waals surface area contributed by atoms with Crippen LogP contribution >= 0.6 is 0 Å². The van der Waals surface area contributed by atoms with Crippen molar-refractivity contribution in [1.29, 1.82) is 0 Å². The van der Waals surface area contributed by atoms with Crippen molar-refractivity contribution in [3.05, 3.63) is 63.2 Å². The van der Waals surface area contributed by atoms with Gasteiger partial charge in [0.15, 0.2) is 11.5 Å². The second-order valence-corrected chi connectivity index (χ2v) is 5.49. The Bertz CT molecular complexity index is 1100. The van der Waals surface area contributed by atoms with Crippen LogP contribution in [0.5, 0.6) is 11.5 Å². The number of nitrogens with zero attached hydrogens (tertiary/aromatic N) is 1. The number of carbonyl (C=O) groups excluding carboxylic acids is 1. The first-order valence-corrected chi connectivity index (χ1v) is 7.53. The highest BCUT2D eigenvalue weighted by atomic mass is 16.7. The topological polar surface area (TPSA) is 102 Å². The van der Waals surface area contributed by atoms with Crippen LogP contribution in [0.4, 0.5) is 5.69 Å². The molecule has 0 aliphatic carbocycles. The number of aromatic nitrogens is 2. The zero-order valence-electron chi connectivity index (χ0n) is 12.9. The molecule has 0 saturated carbocycles. The zero-order valence-corrected chi connectivity index (χ0v) is 12.9. The maximum absolute atomic E-state index is 12.4. The van der Waals surface area contributed by atoms with E-state index in [1.165, 1.54) is 0 Å². The predicted molar refractivity (Wildman–Crippen MR) is 90.0 cm³/mol. The average Bonchev–Trinajstić information content (AvgIpc) is 3.07. The highest BCUT2D eigenvalue weighted by molar-refractivity contribution is 5.91. The molecule has 0 atom stereocenters. The molecule has 126 valence electrons. The Morgan fingerprint density at radius 3 is 2.68 bits per heavy atom. The normalized spacial score (nSPS) is 12.3. The number of ether oxygens (including phenoxy) is 2. The standard InChI is InChI=1S/C17H13N3O5/c21-15(18-10-5-6-13-14(7-10)25-9-24-13)8-20-17(23)12-4-2-1-3-11(12)16(22)19-20/h1-7H,8-9H2,(H,18,21)(H,19,22). The van der Waals surface area contributed by atoms with Crippen LogP contribution in [0, 0.1) is 0 Å². The quantitative estimate of drug-likeness (QED) is 0.743. The molecule has 1 aromatic heterocycles. The summed E-state index contributed by atoms with van der Waals surface area (Å²) in [6.07, 6.45) is 0. The van der Waals surface area contributed by atoms with E-state index in [1.807, 2.05) is 0 Å². The minimum absolute atomic E-state index is 0.139. The van der Waals surface area contributed by atoms with Gasteiger partial charge in [0.25, 0.3) is 11.1 Å². The molecule has 1 aliphatic heterocycles. The van der Waals surface area contributed by atoms with Gasteiger partial charge in [0.2, 0.25) is 12.7 Å². The summed E-state index contributed by atoms with van der Waals surface area (Å²) < 4.78 is 11.4. The number of hydrogen-bond donors (Lipinski definition) is 2. The molecule has 3 aromatic rings. The Morgan fingerprint density at radius 1 is 1.08 bits per heavy atom. The molecule has 0 radical (unpaired) electrons. The molecule has 0 saturated heterocycles. The van der Waals surface area contributed by atoms with Gasteiger partial charge in [-0.1, -0.05) is 12.1 Å². The van der Waals surface area contributed by atoms with Crippen LogP contribution < -0.4 is 25.9 Å². The van der Waals surface area contributed by atoms with E-state index < -0.39 is 17.0 Å². The van der Waals surface area contributed by atoms with Gasteiger partial charge in [0.1, 0.15) is 6.54 Å². The van der Waals surface area contributed by atoms with E-state index in [2.05, 4.69) is 10.4 Å². The number of carbonyl (C=O) groups is 1. The molecule has 0 unspecified atom stereocenters. The first-order valence-electron chi connectivity index (χ1n) is 7.53. The van der Waals surface area contributed by atoms with Crippen LogP contribution in [-0.4, -0.2) is 22.5 Å². The fourth-order valence-electron chi connectivity index (χ4n) is 2.68. The van der Waals surface area contributed by atoms with Crippen molar-refractivity contribution in [2.24, 2.45) is 0 Å². The van der Waals surface area contributed by atoms with Gasteiger partial charge >= 0.3 is 0 Å². The molecule has 8 nitrogen and oxygen atoms in total. The van der Waals surface area contributed by atoms with Gasteiger partial charge in [-0.2, -0.15) is 0 Å². The first kappa shape index (κ1) is 15.0. The molecule has 2 heterocycles. The van der Waals surface area contributed by atoms with E-state index in [0.717, 1.165) is 4.68 Å². The maximum Gasteiger partial charge on any atom is 0.273 e. The first-order chi connectivity index (χ1) is 12.1. The van der Waals surface area contributed by atoms with E-state index in [4.69, 9.17) is 9.47 Å². The second kappa shape index (κ2) is 5.82. The Balaban J connectivity index is 1.59. The fraction of sp³-hybridized carbons (Fsp3) is 0.118. The summed E-state index contributed by atoms with van der Waals surface area (Å²) in [5, 5.41) is 5.64. The smallest absolute Gasteiger partial charge is 0.273 e. The van der Waals surface area contributed by atoms with Crippen molar-refractivity contribution in [1.82, 2.24) is 9.78 Å². The van der Waals surface area contributed by atoms with Crippen molar-refractivity contribution < 1.29 is 14.3 Å². The summed E-state index contributed by atoms with van der Waals surface area (Å²) >= 11 is 0. The molecule has 4 rings (SSSR count). The summed E-state index contributed by atoms with van der Waals surface area (Å²) in [5.41, 5.74) is -0.354. The lowest BCUT2D eigenvalue weighted by Crippen LogP contribution is -2.34. The summed E-state index contributed by atoms with van der Waals surface area (Å²) in [6, 6.07) is 11.4. The highest BCUT2D eigenvalue weighted by Gasteiger charge is 2.15. The monoisotopic (exact) mass is 339 g/mol. The van der Waals surface area contributed by atoms with Crippen molar-refractivity contribution in [3.8, 4) is 11.5 Å². The summed E-state index contributed by atoms with van der Waals surface area (Å²) in [4.78, 5) is 36.7. The Kier molecular flexibility index (Phi) is 3.50. The number of benzene rings is 2. The number of hydrogen-bond acceptors (Lipinski definition) is 5. The Hall–Kier alpha value is -3.55. The van der Waals surface area contributed by atoms with Gasteiger partial charge in [-0.25, -0.2) is 4.68 Å². The minimum Gasteiger partial charge on any atom is -0.454 e. The number of H-pyrrole nitrogens is 1. The lowest BCUT2D eigenvalue weighted by atomic mass is 10.2. The molecule has 8 heteroatoms. The van der Waals surface area contributed by atoms with Crippen LogP contribution in [0.1, 0.15) is 0 Å². The molecule has 2 aromatic carbocycles. The Labute approximate surface area is 140 Å². The molecular weight excluding hydrogens is 326 g/mol. The van der Waals surface area contributed by atoms with Crippen LogP contribution in [0.15, 0.2) is 52.1 Å². The van der Waals surface area contributed by atoms with Gasteiger partial charge < -0.3 is 14.8 Å². The average molecular weight is 339 g/mol. The molecule has 2 N–H and O–H groups in total. The third-order valence-electron chi connectivity index (χ3n) is 3.84. The van der Waals surface area contributed by atoms with Crippen LogP contribution in [-0.2, 0) is 11.3 Å². The van der Waals surface area contributed by atoms with Crippen LogP contribution in [0.2, 0.25) is 0 Å². The van der Waals surface area contributed by atoms with Gasteiger partial charge in [-0.3, -0.25) is 19.5 Å². The van der Waals surface area contributed by atoms with Crippen LogP contribution in [0.25, 0.3) is 10.8 Å². The van der Waals surface area contributed by atoms with Crippen molar-refractivity contribution in [2.75, 3.05) is 12.1 Å². The van der Waals surface area contributed by atoms with Crippen LogP contribution in [0.3, 0.4) is 0 Å². The lowest BCUT2D eigenvalue weighted by Gasteiger charge is -2.09. The zero-order chi connectivity index (χ0) is 17.4. The molecule has 25 heavy (non-hydrogen) atoms. The summed E-state index contributed by atoms with van der Waals surface area (Å²) in [7, 11) is 0. The van der Waals surface area contributed by atoms with E-state index in [1.54, 1.807) is 42.5 Å². The Morgan fingerprint density at radius 2 is 1.84 bits per heavy atom. The van der Waals surface area contributed by atoms with Crippen molar-refractivity contribution in [3.63, 3.8) is 0 Å². The molecule has 1 amide bonds. The van der Waals surface area contributed by atoms with E-state index >= 15 is 0 Å². The number of rotatable bonds is 3. The van der Waals surface area contributed by atoms with E-state index in [0.29, 0.717) is 22.6 Å². The van der Waals surface area contributed by atoms with Gasteiger partial charge in [0, 0.05) is 11.8 Å². The van der Waals surface area contributed by atoms with Gasteiger partial charge in [-0.15, -0.1) is 0 Å². The number of aromatic amines is 1. The van der Waals surface area contributed by atoms with Gasteiger partial charge in [-0.05, 0) is 24.3 Å². The number of amides is 1. The van der Waals surface area contributed by atoms with E-state index in [9.17, 15) is 14.4 Å². The number of fused-ring (bicyclic) bond motifs is 2. The maximum atomic E-state index is 12.4. The number of nitrogens with one attached hydrogen (secondary N) is 2. The molecule has 0 bridgehead atoms. The molecule has 0 spiro atoms. The largest absolute Gasteiger partial charge is 0.454 e. The molecule has 0 fully saturated rings. The van der Waals surface area contributed by atoms with E-state index in [-0.39, 0.29) is 18.7 Å². The lowest BCUT2D eigenvalue weighted by molar-refractivity contribution is -0.117. The third kappa shape index (κ3) is 2.74. The predicted octanol–water partition coefficient (Wildman–Crippen LogP) is 1.06. The fourth-order valence-corrected chi connectivity index (χ4v) is 2.68. The number of anilines is 1.